The smallest absolute Gasteiger partial charge is 0.493 e. The molecular weight excluding hydrogens is 623 g/mol. The maximum Gasteiger partial charge on any atom is 0.499 e. The number of halogens is 5. The number of hydrogen-bond acceptors (Lipinski definition) is 7. The molecule has 0 radical (unpaired) electrons. The third kappa shape index (κ3) is 6.05. The summed E-state index contributed by atoms with van der Waals surface area (Å²) in [4.78, 5) is 35.4. The molecular formula is C29H21F5N6O4S. The van der Waals surface area contributed by atoms with E-state index in [1.54, 1.807) is 37.3 Å². The molecule has 1 fully saturated rings. The number of nitrogens with zero attached hydrogens (tertiary/aromatic N) is 5. The number of urea groups is 1. The zero-order valence-electron chi connectivity index (χ0n) is 23.1. The van der Waals surface area contributed by atoms with Gasteiger partial charge in [-0.2, -0.15) is 26.9 Å². The average Bonchev–Trinajstić information content (AvgIpc) is 3.74. The largest absolute Gasteiger partial charge is 0.499 e. The molecule has 45 heavy (non-hydrogen) atoms. The van der Waals surface area contributed by atoms with Crippen molar-refractivity contribution in [2.45, 2.75) is 25.6 Å². The number of alkyl halides is 5. The van der Waals surface area contributed by atoms with E-state index >= 15 is 0 Å². The number of carbonyl (C=O) groups is 2. The monoisotopic (exact) mass is 644 g/mol. The molecule has 0 unspecified atom stereocenters. The van der Waals surface area contributed by atoms with E-state index < -0.39 is 24.1 Å². The second-order valence-electron chi connectivity index (χ2n) is 9.85. The third-order valence-electron chi connectivity index (χ3n) is 6.82. The minimum absolute atomic E-state index is 0.149. The molecule has 3 aromatic carbocycles. The lowest BCUT2D eigenvalue weighted by Crippen LogP contribution is -2.41. The van der Waals surface area contributed by atoms with Crippen molar-refractivity contribution >= 4 is 40.2 Å². The van der Waals surface area contributed by atoms with Crippen LogP contribution in [0.2, 0.25) is 0 Å². The standard InChI is InChI=1S/C29H21F5N6O4S/c1-16-13-17(25-35-15-39(38-25)18-6-8-19(9-7-18)44-29(33,34)28(30,31)32)5-10-21(16)36-26(42)37-27-40(24(41)14-45-27)22-3-2-4-23-20(22)11-12-43-23/h2-10,13,15H,11-12,14H2,1H3,(H,36,42). The maximum absolute atomic E-state index is 13.2. The number of thioether (sulfide) groups is 1. The first-order valence-electron chi connectivity index (χ1n) is 13.3. The van der Waals surface area contributed by atoms with Gasteiger partial charge in [0.15, 0.2) is 11.0 Å². The fourth-order valence-corrected chi connectivity index (χ4v) is 5.52. The Balaban J connectivity index is 1.14. The maximum atomic E-state index is 13.2. The van der Waals surface area contributed by atoms with Crippen LogP contribution in [-0.2, 0) is 11.2 Å². The van der Waals surface area contributed by atoms with E-state index in [-0.39, 0.29) is 22.7 Å². The van der Waals surface area contributed by atoms with Crippen LogP contribution < -0.4 is 19.7 Å². The van der Waals surface area contributed by atoms with Gasteiger partial charge in [0, 0.05) is 23.2 Å². The van der Waals surface area contributed by atoms with Gasteiger partial charge in [-0.15, -0.1) is 5.10 Å². The molecule has 232 valence electrons. The predicted molar refractivity (Wildman–Crippen MR) is 155 cm³/mol. The summed E-state index contributed by atoms with van der Waals surface area (Å²) in [7, 11) is 0. The summed E-state index contributed by atoms with van der Waals surface area (Å²) < 4.78 is 74.3. The highest BCUT2D eigenvalue weighted by atomic mass is 32.2. The summed E-state index contributed by atoms with van der Waals surface area (Å²) in [6.45, 7) is 2.27. The molecule has 0 spiro atoms. The molecule has 2 aliphatic heterocycles. The third-order valence-corrected chi connectivity index (χ3v) is 7.74. The van der Waals surface area contributed by atoms with Crippen molar-refractivity contribution in [1.29, 1.82) is 0 Å². The number of aromatic nitrogens is 3. The number of nitrogens with one attached hydrogen (secondary N) is 1. The lowest BCUT2D eigenvalue weighted by Gasteiger charge is -2.20. The number of ether oxygens (including phenoxy) is 2. The zero-order chi connectivity index (χ0) is 31.9. The van der Waals surface area contributed by atoms with Gasteiger partial charge in [0.05, 0.1) is 23.7 Å². The number of aliphatic imine (C=N–C) groups is 1. The minimum Gasteiger partial charge on any atom is -0.493 e. The number of aryl methyl sites for hydroxylation is 1. The molecule has 10 nitrogen and oxygen atoms in total. The second-order valence-corrected chi connectivity index (χ2v) is 10.8. The van der Waals surface area contributed by atoms with Crippen molar-refractivity contribution < 1.29 is 41.0 Å². The minimum atomic E-state index is -5.86. The van der Waals surface area contributed by atoms with Crippen LogP contribution in [0.1, 0.15) is 11.1 Å². The van der Waals surface area contributed by atoms with Gasteiger partial charge >= 0.3 is 18.3 Å². The van der Waals surface area contributed by atoms with Crippen LogP contribution in [0.15, 0.2) is 72.0 Å². The Morgan fingerprint density at radius 2 is 1.87 bits per heavy atom. The second kappa shape index (κ2) is 11.5. The van der Waals surface area contributed by atoms with E-state index in [0.29, 0.717) is 47.0 Å². The van der Waals surface area contributed by atoms with Crippen LogP contribution in [-0.4, -0.2) is 56.5 Å². The summed E-state index contributed by atoms with van der Waals surface area (Å²) in [5.41, 5.74) is 3.58. The number of anilines is 2. The number of carbonyl (C=O) groups excluding carboxylic acids is 2. The highest BCUT2D eigenvalue weighted by Gasteiger charge is 2.61. The Bertz CT molecular complexity index is 1830. The summed E-state index contributed by atoms with van der Waals surface area (Å²) in [5, 5.41) is 7.33. The van der Waals surface area contributed by atoms with Crippen molar-refractivity contribution in [2.75, 3.05) is 22.6 Å². The van der Waals surface area contributed by atoms with Crippen molar-refractivity contribution in [3.63, 3.8) is 0 Å². The van der Waals surface area contributed by atoms with Gasteiger partial charge in [0.25, 0.3) is 0 Å². The van der Waals surface area contributed by atoms with Gasteiger partial charge in [-0.25, -0.2) is 14.5 Å². The topological polar surface area (TPSA) is 111 Å². The predicted octanol–water partition coefficient (Wildman–Crippen LogP) is 6.38. The van der Waals surface area contributed by atoms with Crippen LogP contribution in [0.5, 0.6) is 11.5 Å². The van der Waals surface area contributed by atoms with Crippen molar-refractivity contribution in [2.24, 2.45) is 4.99 Å². The fraction of sp³-hybridized carbons (Fsp3) is 0.207. The Kier molecular flexibility index (Phi) is 7.68. The normalized spacial score (nSPS) is 15.7. The molecule has 0 aliphatic carbocycles. The van der Waals surface area contributed by atoms with Crippen LogP contribution in [0, 0.1) is 6.92 Å². The first-order chi connectivity index (χ1) is 21.4. The van der Waals surface area contributed by atoms with Crippen LogP contribution in [0.25, 0.3) is 17.1 Å². The van der Waals surface area contributed by atoms with Crippen LogP contribution >= 0.6 is 11.8 Å². The molecule has 6 rings (SSSR count). The Hall–Kier alpha value is -4.99. The van der Waals surface area contributed by atoms with Crippen LogP contribution in [0.3, 0.4) is 0 Å². The van der Waals surface area contributed by atoms with E-state index in [9.17, 15) is 31.5 Å². The van der Waals surface area contributed by atoms with Crippen molar-refractivity contribution in [1.82, 2.24) is 14.8 Å². The summed E-state index contributed by atoms with van der Waals surface area (Å²) >= 11 is 1.17. The molecule has 3 amide bonds. The lowest BCUT2D eigenvalue weighted by molar-refractivity contribution is -0.360. The van der Waals surface area contributed by atoms with E-state index in [1.165, 1.54) is 39.8 Å². The summed E-state index contributed by atoms with van der Waals surface area (Å²) in [6, 6.07) is 14.2. The highest BCUT2D eigenvalue weighted by Crippen LogP contribution is 2.38. The molecule has 16 heteroatoms. The molecule has 0 atom stereocenters. The van der Waals surface area contributed by atoms with E-state index in [4.69, 9.17) is 4.74 Å². The molecule has 4 aromatic rings. The lowest BCUT2D eigenvalue weighted by atomic mass is 10.1. The van der Waals surface area contributed by atoms with Gasteiger partial charge in [-0.05, 0) is 67.1 Å². The fourth-order valence-electron chi connectivity index (χ4n) is 4.66. The van der Waals surface area contributed by atoms with Crippen molar-refractivity contribution in [3.8, 4) is 28.6 Å². The zero-order valence-corrected chi connectivity index (χ0v) is 24.0. The molecule has 1 N–H and O–H groups in total. The number of amides is 3. The number of amidine groups is 1. The Labute approximate surface area is 255 Å². The van der Waals surface area contributed by atoms with E-state index in [1.807, 2.05) is 6.07 Å². The molecule has 3 heterocycles. The Morgan fingerprint density at radius 3 is 2.60 bits per heavy atom. The SMILES string of the molecule is Cc1cc(-c2ncn(-c3ccc(OC(F)(F)C(F)(F)F)cc3)n2)ccc1NC(=O)N=C1SCC(=O)N1c1cccc2c1CCO2. The summed E-state index contributed by atoms with van der Waals surface area (Å²) in [6.07, 6.45) is -9.20. The molecule has 1 aromatic heterocycles. The van der Waals surface area contributed by atoms with E-state index in [0.717, 1.165) is 17.7 Å². The number of hydrogen-bond donors (Lipinski definition) is 1. The van der Waals surface area contributed by atoms with Gasteiger partial charge in [0.1, 0.15) is 17.8 Å². The van der Waals surface area contributed by atoms with Crippen molar-refractivity contribution in [3.05, 3.63) is 78.1 Å². The molecule has 1 saturated heterocycles. The van der Waals surface area contributed by atoms with Crippen LogP contribution in [0.4, 0.5) is 38.1 Å². The van der Waals surface area contributed by atoms with Gasteiger partial charge < -0.3 is 14.8 Å². The molecule has 2 aliphatic rings. The first-order valence-corrected chi connectivity index (χ1v) is 14.2. The van der Waals surface area contributed by atoms with E-state index in [2.05, 4.69) is 25.1 Å². The summed E-state index contributed by atoms with van der Waals surface area (Å²) in [5.74, 6) is 0.276. The highest BCUT2D eigenvalue weighted by molar-refractivity contribution is 8.15. The molecule has 0 bridgehead atoms. The van der Waals surface area contributed by atoms with Gasteiger partial charge in [-0.3, -0.25) is 9.69 Å². The quantitative estimate of drug-likeness (QED) is 0.243. The van der Waals surface area contributed by atoms with Gasteiger partial charge in [-0.1, -0.05) is 17.8 Å². The Morgan fingerprint density at radius 1 is 1.09 bits per heavy atom. The number of benzene rings is 3. The number of rotatable bonds is 6. The molecule has 0 saturated carbocycles. The average molecular weight is 645 g/mol. The first kappa shape index (κ1) is 30.1. The van der Waals surface area contributed by atoms with Gasteiger partial charge in [0.2, 0.25) is 5.91 Å². The number of fused-ring (bicyclic) bond motifs is 1.